The van der Waals surface area contributed by atoms with E-state index in [1.54, 1.807) is 0 Å². The molecule has 0 fully saturated rings. The van der Waals surface area contributed by atoms with Gasteiger partial charge in [0.05, 0.1) is 6.04 Å². The van der Waals surface area contributed by atoms with Crippen molar-refractivity contribution in [2.75, 3.05) is 0 Å². The molecule has 1 unspecified atom stereocenters. The Bertz CT molecular complexity index is 601. The van der Waals surface area contributed by atoms with Crippen LogP contribution >= 0.6 is 0 Å². The quantitative estimate of drug-likeness (QED) is 0.495. The van der Waals surface area contributed by atoms with Crippen molar-refractivity contribution < 1.29 is 0 Å². The molecule has 0 saturated heterocycles. The van der Waals surface area contributed by atoms with Gasteiger partial charge in [0.1, 0.15) is 0 Å². The van der Waals surface area contributed by atoms with Gasteiger partial charge in [-0.1, -0.05) is 48.0 Å². The summed E-state index contributed by atoms with van der Waals surface area (Å²) in [6, 6.07) is 15.2. The highest BCUT2D eigenvalue weighted by atomic mass is 15.2. The Balaban J connectivity index is 1.98. The van der Waals surface area contributed by atoms with Crippen LogP contribution in [0.3, 0.4) is 0 Å². The van der Waals surface area contributed by atoms with Crippen molar-refractivity contribution in [1.82, 2.24) is 5.43 Å². The number of nitrogens with two attached hydrogens (primary N) is 1. The molecule has 0 radical (unpaired) electrons. The minimum Gasteiger partial charge on any atom is -0.271 e. The van der Waals surface area contributed by atoms with Crippen LogP contribution in [0.15, 0.2) is 54.1 Å². The van der Waals surface area contributed by atoms with Crippen LogP contribution in [-0.2, 0) is 0 Å². The summed E-state index contributed by atoms with van der Waals surface area (Å²) in [5.74, 6) is 5.79. The van der Waals surface area contributed by atoms with Crippen molar-refractivity contribution in [2.24, 2.45) is 5.84 Å². The molecule has 3 N–H and O–H groups in total. The molecule has 3 rings (SSSR count). The molecule has 1 aliphatic rings. The number of benzene rings is 2. The standard InChI is InChI=1S/C17H20N2/c18-19-17(14-7-2-1-3-8-14)16-11-10-13-6-4-5-9-15(13)12-16/h4-7,9-12,17,19H,1-3,8,18H2. The molecular formula is C17H20N2. The molecule has 0 aliphatic heterocycles. The Morgan fingerprint density at radius 3 is 2.58 bits per heavy atom. The predicted octanol–water partition coefficient (Wildman–Crippen LogP) is 3.84. The highest BCUT2D eigenvalue weighted by molar-refractivity contribution is 5.83. The maximum atomic E-state index is 5.79. The number of hydrogen-bond donors (Lipinski definition) is 2. The van der Waals surface area contributed by atoms with E-state index < -0.39 is 0 Å². The van der Waals surface area contributed by atoms with Crippen molar-refractivity contribution in [3.8, 4) is 0 Å². The second kappa shape index (κ2) is 5.55. The number of hydrazine groups is 1. The van der Waals surface area contributed by atoms with Crippen LogP contribution in [0.1, 0.15) is 37.3 Å². The monoisotopic (exact) mass is 252 g/mol. The lowest BCUT2D eigenvalue weighted by Crippen LogP contribution is -2.30. The Hall–Kier alpha value is -1.64. The van der Waals surface area contributed by atoms with Gasteiger partial charge < -0.3 is 0 Å². The molecule has 2 nitrogen and oxygen atoms in total. The Labute approximate surface area is 114 Å². The lowest BCUT2D eigenvalue weighted by atomic mass is 9.89. The fourth-order valence-electron chi connectivity index (χ4n) is 2.93. The normalized spacial score (nSPS) is 17.2. The van der Waals surface area contributed by atoms with E-state index in [0.29, 0.717) is 0 Å². The smallest absolute Gasteiger partial charge is 0.0670 e. The van der Waals surface area contributed by atoms with E-state index in [2.05, 4.69) is 54.0 Å². The van der Waals surface area contributed by atoms with Crippen LogP contribution in [0.2, 0.25) is 0 Å². The highest BCUT2D eigenvalue weighted by Crippen LogP contribution is 2.30. The van der Waals surface area contributed by atoms with Crippen molar-refractivity contribution in [1.29, 1.82) is 0 Å². The molecule has 19 heavy (non-hydrogen) atoms. The van der Waals surface area contributed by atoms with Gasteiger partial charge in [-0.15, -0.1) is 0 Å². The molecule has 98 valence electrons. The molecule has 1 atom stereocenters. The first-order valence-corrected chi connectivity index (χ1v) is 7.02. The summed E-state index contributed by atoms with van der Waals surface area (Å²) in [6.07, 6.45) is 7.27. The van der Waals surface area contributed by atoms with Crippen molar-refractivity contribution in [3.05, 3.63) is 59.7 Å². The van der Waals surface area contributed by atoms with Crippen molar-refractivity contribution in [2.45, 2.75) is 31.7 Å². The SMILES string of the molecule is NNC(C1=CCCCC1)c1ccc2ccccc2c1. The molecule has 2 heteroatoms. The molecule has 1 aliphatic carbocycles. The number of nitrogens with one attached hydrogen (secondary N) is 1. The van der Waals surface area contributed by atoms with E-state index in [0.717, 1.165) is 6.42 Å². The minimum atomic E-state index is 0.157. The highest BCUT2D eigenvalue weighted by Gasteiger charge is 2.16. The summed E-state index contributed by atoms with van der Waals surface area (Å²) in [5.41, 5.74) is 5.68. The molecule has 0 aromatic heterocycles. The first-order valence-electron chi connectivity index (χ1n) is 7.02. The fraction of sp³-hybridized carbons (Fsp3) is 0.294. The van der Waals surface area contributed by atoms with E-state index in [1.807, 2.05) is 0 Å². The van der Waals surface area contributed by atoms with Crippen LogP contribution in [0.4, 0.5) is 0 Å². The minimum absolute atomic E-state index is 0.157. The molecular weight excluding hydrogens is 232 g/mol. The average molecular weight is 252 g/mol. The topological polar surface area (TPSA) is 38.0 Å². The predicted molar refractivity (Wildman–Crippen MR) is 80.6 cm³/mol. The Morgan fingerprint density at radius 2 is 1.84 bits per heavy atom. The Kier molecular flexibility index (Phi) is 3.62. The largest absolute Gasteiger partial charge is 0.271 e. The van der Waals surface area contributed by atoms with Crippen LogP contribution in [0.25, 0.3) is 10.8 Å². The zero-order chi connectivity index (χ0) is 13.1. The molecule has 0 bridgehead atoms. The van der Waals surface area contributed by atoms with Gasteiger partial charge >= 0.3 is 0 Å². The van der Waals surface area contributed by atoms with Gasteiger partial charge in [-0.25, -0.2) is 5.43 Å². The van der Waals surface area contributed by atoms with Gasteiger partial charge in [0.25, 0.3) is 0 Å². The van der Waals surface area contributed by atoms with Crippen molar-refractivity contribution >= 4 is 10.8 Å². The van der Waals surface area contributed by atoms with Crippen LogP contribution in [0, 0.1) is 0 Å². The third-order valence-corrected chi connectivity index (χ3v) is 3.97. The molecule has 0 heterocycles. The second-order valence-electron chi connectivity index (χ2n) is 5.23. The zero-order valence-corrected chi connectivity index (χ0v) is 11.1. The number of allylic oxidation sites excluding steroid dienone is 1. The third-order valence-electron chi connectivity index (χ3n) is 3.97. The van der Waals surface area contributed by atoms with Gasteiger partial charge in [0, 0.05) is 0 Å². The maximum Gasteiger partial charge on any atom is 0.0670 e. The van der Waals surface area contributed by atoms with Gasteiger partial charge in [-0.05, 0) is 48.1 Å². The van der Waals surface area contributed by atoms with E-state index in [9.17, 15) is 0 Å². The molecule has 2 aromatic carbocycles. The first kappa shape index (κ1) is 12.4. The summed E-state index contributed by atoms with van der Waals surface area (Å²) in [5, 5.41) is 2.55. The van der Waals surface area contributed by atoms with Gasteiger partial charge in [-0.2, -0.15) is 0 Å². The fourth-order valence-corrected chi connectivity index (χ4v) is 2.93. The third kappa shape index (κ3) is 2.55. The van der Waals surface area contributed by atoms with Gasteiger partial charge in [0.2, 0.25) is 0 Å². The van der Waals surface area contributed by atoms with E-state index >= 15 is 0 Å². The van der Waals surface area contributed by atoms with Crippen LogP contribution < -0.4 is 11.3 Å². The molecule has 2 aromatic rings. The van der Waals surface area contributed by atoms with Gasteiger partial charge in [-0.3, -0.25) is 5.84 Å². The van der Waals surface area contributed by atoms with E-state index in [4.69, 9.17) is 5.84 Å². The molecule has 0 saturated carbocycles. The number of rotatable bonds is 3. The lowest BCUT2D eigenvalue weighted by Gasteiger charge is -2.23. The van der Waals surface area contributed by atoms with E-state index in [-0.39, 0.29) is 6.04 Å². The molecule has 0 spiro atoms. The summed E-state index contributed by atoms with van der Waals surface area (Å²) < 4.78 is 0. The molecule has 0 amide bonds. The summed E-state index contributed by atoms with van der Waals surface area (Å²) in [6.45, 7) is 0. The Morgan fingerprint density at radius 1 is 1.00 bits per heavy atom. The van der Waals surface area contributed by atoms with Gasteiger partial charge in [0.15, 0.2) is 0 Å². The number of hydrogen-bond acceptors (Lipinski definition) is 2. The number of fused-ring (bicyclic) bond motifs is 1. The van der Waals surface area contributed by atoms with Crippen LogP contribution in [0.5, 0.6) is 0 Å². The zero-order valence-electron chi connectivity index (χ0n) is 11.1. The van der Waals surface area contributed by atoms with E-state index in [1.165, 1.54) is 41.2 Å². The van der Waals surface area contributed by atoms with Crippen molar-refractivity contribution in [3.63, 3.8) is 0 Å². The lowest BCUT2D eigenvalue weighted by molar-refractivity contribution is 0.566. The first-order chi connectivity index (χ1) is 9.38. The summed E-state index contributed by atoms with van der Waals surface area (Å²) >= 11 is 0. The maximum absolute atomic E-state index is 5.79. The summed E-state index contributed by atoms with van der Waals surface area (Å²) in [4.78, 5) is 0. The average Bonchev–Trinajstić information content (AvgIpc) is 2.49. The second-order valence-corrected chi connectivity index (χ2v) is 5.23. The summed E-state index contributed by atoms with van der Waals surface area (Å²) in [7, 11) is 0. The van der Waals surface area contributed by atoms with Crippen LogP contribution in [-0.4, -0.2) is 0 Å².